The maximum absolute atomic E-state index is 13.1. The van der Waals surface area contributed by atoms with Crippen LogP contribution in [0, 0.1) is 5.92 Å². The van der Waals surface area contributed by atoms with Gasteiger partial charge in [-0.05, 0) is 56.1 Å². The third kappa shape index (κ3) is 4.32. The molecule has 0 bridgehead atoms. The van der Waals surface area contributed by atoms with Gasteiger partial charge in [-0.1, -0.05) is 42.5 Å². The Bertz CT molecular complexity index is 713. The number of carbonyl (C=O) groups excluding carboxylic acids is 1. The minimum atomic E-state index is 0.0526. The number of amides is 1. The predicted molar refractivity (Wildman–Crippen MR) is 105 cm³/mol. The number of nitrogens with zero attached hydrogens (tertiary/aromatic N) is 2. The molecule has 0 saturated carbocycles. The summed E-state index contributed by atoms with van der Waals surface area (Å²) in [5.41, 5.74) is 2.97. The number of carbonyl (C=O) groups is 1. The second-order valence-electron chi connectivity index (χ2n) is 7.40. The zero-order valence-electron chi connectivity index (χ0n) is 15.6. The van der Waals surface area contributed by atoms with E-state index >= 15 is 0 Å². The highest BCUT2D eigenvalue weighted by Crippen LogP contribution is 2.23. The fraction of sp³-hybridized carbons (Fsp3) is 0.409. The Morgan fingerprint density at radius 1 is 1.00 bits per heavy atom. The van der Waals surface area contributed by atoms with Crippen molar-refractivity contribution in [3.63, 3.8) is 0 Å². The normalized spacial score (nSPS) is 20.8. The van der Waals surface area contributed by atoms with Crippen molar-refractivity contribution in [2.24, 2.45) is 5.92 Å². The van der Waals surface area contributed by atoms with Crippen molar-refractivity contribution >= 4 is 5.91 Å². The molecule has 1 heterocycles. The lowest BCUT2D eigenvalue weighted by atomic mass is 10.0. The summed E-state index contributed by atoms with van der Waals surface area (Å²) in [7, 11) is 4.11. The van der Waals surface area contributed by atoms with Crippen LogP contribution < -0.4 is 0 Å². The number of likely N-dealkylation sites (N-methyl/N-ethyl adjacent to an activating group) is 1. The molecule has 1 amide bonds. The van der Waals surface area contributed by atoms with Crippen LogP contribution in [0.3, 0.4) is 0 Å². The summed E-state index contributed by atoms with van der Waals surface area (Å²) in [4.78, 5) is 17.1. The van der Waals surface area contributed by atoms with E-state index in [1.54, 1.807) is 0 Å². The van der Waals surface area contributed by atoms with E-state index in [9.17, 15) is 9.90 Å². The maximum Gasteiger partial charge on any atom is 0.253 e. The van der Waals surface area contributed by atoms with Crippen LogP contribution in [-0.2, 0) is 0 Å². The third-order valence-electron chi connectivity index (χ3n) is 5.33. The first-order valence-electron chi connectivity index (χ1n) is 9.30. The molecule has 1 aliphatic heterocycles. The number of benzene rings is 2. The molecule has 1 fully saturated rings. The first kappa shape index (κ1) is 18.6. The average Bonchev–Trinajstić information content (AvgIpc) is 2.91. The molecule has 2 aromatic rings. The maximum atomic E-state index is 13.1. The van der Waals surface area contributed by atoms with Crippen molar-refractivity contribution < 1.29 is 9.90 Å². The minimum absolute atomic E-state index is 0.0526. The first-order chi connectivity index (χ1) is 12.6. The van der Waals surface area contributed by atoms with Crippen LogP contribution in [0.4, 0.5) is 0 Å². The molecular formula is C22H28N2O2. The number of aliphatic hydroxyl groups is 1. The van der Waals surface area contributed by atoms with Gasteiger partial charge in [0.05, 0.1) is 0 Å². The number of aliphatic hydroxyl groups excluding tert-OH is 1. The van der Waals surface area contributed by atoms with Crippen molar-refractivity contribution in [2.75, 3.05) is 33.8 Å². The quantitative estimate of drug-likeness (QED) is 0.919. The summed E-state index contributed by atoms with van der Waals surface area (Å²) in [6.07, 6.45) is 1.96. The van der Waals surface area contributed by atoms with Crippen LogP contribution in [0.25, 0.3) is 11.1 Å². The molecule has 2 aromatic carbocycles. The first-order valence-corrected chi connectivity index (χ1v) is 9.30. The molecule has 3 rings (SSSR count). The topological polar surface area (TPSA) is 43.8 Å². The van der Waals surface area contributed by atoms with Crippen molar-refractivity contribution in [1.29, 1.82) is 0 Å². The van der Waals surface area contributed by atoms with Gasteiger partial charge in [-0.15, -0.1) is 0 Å². The lowest BCUT2D eigenvalue weighted by Gasteiger charge is -2.29. The molecule has 4 heteroatoms. The third-order valence-corrected chi connectivity index (χ3v) is 5.33. The Kier molecular flexibility index (Phi) is 6.07. The molecule has 1 N–H and O–H groups in total. The Balaban J connectivity index is 1.78. The molecular weight excluding hydrogens is 324 g/mol. The van der Waals surface area contributed by atoms with Gasteiger partial charge in [0.1, 0.15) is 0 Å². The fourth-order valence-electron chi connectivity index (χ4n) is 3.61. The van der Waals surface area contributed by atoms with E-state index in [-0.39, 0.29) is 18.4 Å². The van der Waals surface area contributed by atoms with Gasteiger partial charge in [0.25, 0.3) is 5.91 Å². The van der Waals surface area contributed by atoms with Crippen LogP contribution in [-0.4, -0.2) is 60.6 Å². The Morgan fingerprint density at radius 3 is 2.27 bits per heavy atom. The molecule has 138 valence electrons. The van der Waals surface area contributed by atoms with Gasteiger partial charge in [-0.25, -0.2) is 0 Å². The molecule has 0 aromatic heterocycles. The van der Waals surface area contributed by atoms with E-state index in [4.69, 9.17) is 0 Å². The summed E-state index contributed by atoms with van der Waals surface area (Å²) >= 11 is 0. The standard InChI is InChI=1S/C22H28N2O2/c1-23(2)21-13-8-17(16-25)14-24(15-21)22(26)20-11-9-19(10-12-20)18-6-4-3-5-7-18/h3-7,9-12,17,21,25H,8,13-16H2,1-2H3/t17-,21+/m0/s1. The summed E-state index contributed by atoms with van der Waals surface area (Å²) in [6, 6.07) is 18.3. The second kappa shape index (κ2) is 8.47. The fourth-order valence-corrected chi connectivity index (χ4v) is 3.61. The molecule has 1 saturated heterocycles. The van der Waals surface area contributed by atoms with Crippen LogP contribution in [0.2, 0.25) is 0 Å². The zero-order chi connectivity index (χ0) is 18.5. The van der Waals surface area contributed by atoms with Crippen molar-refractivity contribution in [3.8, 4) is 11.1 Å². The van der Waals surface area contributed by atoms with Crippen molar-refractivity contribution in [3.05, 3.63) is 60.2 Å². The average molecular weight is 352 g/mol. The Labute approximate surface area is 156 Å². The van der Waals surface area contributed by atoms with Gasteiger partial charge in [-0.3, -0.25) is 4.79 Å². The lowest BCUT2D eigenvalue weighted by molar-refractivity contribution is 0.0689. The van der Waals surface area contributed by atoms with E-state index in [2.05, 4.69) is 31.1 Å². The summed E-state index contributed by atoms with van der Waals surface area (Å²) in [5, 5.41) is 9.62. The number of likely N-dealkylation sites (tertiary alicyclic amines) is 1. The largest absolute Gasteiger partial charge is 0.396 e. The minimum Gasteiger partial charge on any atom is -0.396 e. The molecule has 0 aliphatic carbocycles. The summed E-state index contributed by atoms with van der Waals surface area (Å²) in [5.74, 6) is 0.212. The summed E-state index contributed by atoms with van der Waals surface area (Å²) < 4.78 is 0. The monoisotopic (exact) mass is 352 g/mol. The Morgan fingerprint density at radius 2 is 1.65 bits per heavy atom. The van der Waals surface area contributed by atoms with Gasteiger partial charge in [-0.2, -0.15) is 0 Å². The number of hydrogen-bond donors (Lipinski definition) is 1. The van der Waals surface area contributed by atoms with E-state index in [0.29, 0.717) is 24.7 Å². The van der Waals surface area contributed by atoms with Crippen molar-refractivity contribution in [1.82, 2.24) is 9.80 Å². The number of hydrogen-bond acceptors (Lipinski definition) is 3. The molecule has 4 nitrogen and oxygen atoms in total. The predicted octanol–water partition coefficient (Wildman–Crippen LogP) is 3.13. The van der Waals surface area contributed by atoms with Gasteiger partial charge in [0.2, 0.25) is 0 Å². The van der Waals surface area contributed by atoms with Crippen LogP contribution >= 0.6 is 0 Å². The van der Waals surface area contributed by atoms with Crippen LogP contribution in [0.5, 0.6) is 0 Å². The zero-order valence-corrected chi connectivity index (χ0v) is 15.6. The Hall–Kier alpha value is -2.17. The van der Waals surface area contributed by atoms with Crippen LogP contribution in [0.1, 0.15) is 23.2 Å². The smallest absolute Gasteiger partial charge is 0.253 e. The van der Waals surface area contributed by atoms with E-state index in [0.717, 1.165) is 24.0 Å². The van der Waals surface area contributed by atoms with Gasteiger partial charge in [0, 0.05) is 31.3 Å². The van der Waals surface area contributed by atoms with Gasteiger partial charge >= 0.3 is 0 Å². The van der Waals surface area contributed by atoms with E-state index in [1.807, 2.05) is 47.4 Å². The van der Waals surface area contributed by atoms with Crippen molar-refractivity contribution in [2.45, 2.75) is 18.9 Å². The van der Waals surface area contributed by atoms with Crippen LogP contribution in [0.15, 0.2) is 54.6 Å². The lowest BCUT2D eigenvalue weighted by Crippen LogP contribution is -2.42. The molecule has 0 spiro atoms. The summed E-state index contributed by atoms with van der Waals surface area (Å²) in [6.45, 7) is 1.47. The molecule has 2 atom stereocenters. The molecule has 26 heavy (non-hydrogen) atoms. The highest BCUT2D eigenvalue weighted by atomic mass is 16.3. The molecule has 0 unspecified atom stereocenters. The SMILES string of the molecule is CN(C)[C@@H]1CC[C@H](CO)CN(C(=O)c2ccc(-c3ccccc3)cc2)C1. The van der Waals surface area contributed by atoms with E-state index < -0.39 is 0 Å². The second-order valence-corrected chi connectivity index (χ2v) is 7.40. The van der Waals surface area contributed by atoms with Gasteiger partial charge < -0.3 is 14.9 Å². The van der Waals surface area contributed by atoms with Gasteiger partial charge in [0.15, 0.2) is 0 Å². The molecule has 0 radical (unpaired) electrons. The molecule has 1 aliphatic rings. The highest BCUT2D eigenvalue weighted by molar-refractivity contribution is 5.94. The number of rotatable bonds is 4. The van der Waals surface area contributed by atoms with E-state index in [1.165, 1.54) is 0 Å². The highest BCUT2D eigenvalue weighted by Gasteiger charge is 2.28.